The summed E-state index contributed by atoms with van der Waals surface area (Å²) in [4.78, 5) is 23.7. The standard InChI is InChI=1S/C22H26FN3O4/c1-3-4-13-30-19-10-9-16(14-20(19)29-2)15-24-26-22(28)12-11-21(27)25-18-8-6-5-7-17(18)23/h5-10,14-15H,3-4,11-13H2,1-2H3,(H,25,27)(H,26,28). The minimum Gasteiger partial charge on any atom is -0.493 e. The van der Waals surface area contributed by atoms with Crippen molar-refractivity contribution in [3.63, 3.8) is 0 Å². The average Bonchev–Trinajstić information content (AvgIpc) is 2.75. The van der Waals surface area contributed by atoms with Gasteiger partial charge in [-0.1, -0.05) is 25.5 Å². The van der Waals surface area contributed by atoms with Crippen LogP contribution in [-0.2, 0) is 9.59 Å². The predicted molar refractivity (Wildman–Crippen MR) is 113 cm³/mol. The van der Waals surface area contributed by atoms with Crippen LogP contribution in [0, 0.1) is 5.82 Å². The molecule has 0 spiro atoms. The highest BCUT2D eigenvalue weighted by Gasteiger charge is 2.09. The maximum atomic E-state index is 13.5. The summed E-state index contributed by atoms with van der Waals surface area (Å²) in [6.45, 7) is 2.70. The second-order valence-electron chi connectivity index (χ2n) is 6.43. The Kier molecular flexibility index (Phi) is 9.30. The average molecular weight is 415 g/mol. The van der Waals surface area contributed by atoms with Gasteiger partial charge in [-0.3, -0.25) is 9.59 Å². The third-order valence-electron chi connectivity index (χ3n) is 4.07. The molecule has 0 aliphatic heterocycles. The van der Waals surface area contributed by atoms with Crippen molar-refractivity contribution < 1.29 is 23.5 Å². The third-order valence-corrected chi connectivity index (χ3v) is 4.07. The SMILES string of the molecule is CCCCOc1ccc(C=NNC(=O)CCC(=O)Nc2ccccc2F)cc1OC. The zero-order chi connectivity index (χ0) is 21.8. The zero-order valence-corrected chi connectivity index (χ0v) is 17.1. The molecule has 8 heteroatoms. The Morgan fingerprint density at radius 2 is 1.87 bits per heavy atom. The van der Waals surface area contributed by atoms with Crippen LogP contribution in [0.5, 0.6) is 11.5 Å². The van der Waals surface area contributed by atoms with E-state index in [2.05, 4.69) is 22.8 Å². The fraction of sp³-hybridized carbons (Fsp3) is 0.318. The van der Waals surface area contributed by atoms with Gasteiger partial charge in [-0.2, -0.15) is 5.10 Å². The van der Waals surface area contributed by atoms with Crippen molar-refractivity contribution in [2.75, 3.05) is 19.0 Å². The van der Waals surface area contributed by atoms with Crippen LogP contribution in [0.2, 0.25) is 0 Å². The molecule has 160 valence electrons. The lowest BCUT2D eigenvalue weighted by molar-refractivity contribution is -0.124. The summed E-state index contributed by atoms with van der Waals surface area (Å²) in [5.74, 6) is -0.194. The number of carbonyl (C=O) groups is 2. The molecule has 2 rings (SSSR count). The Morgan fingerprint density at radius 3 is 2.60 bits per heavy atom. The van der Waals surface area contributed by atoms with Crippen LogP contribution >= 0.6 is 0 Å². The van der Waals surface area contributed by atoms with Gasteiger partial charge in [0.25, 0.3) is 0 Å². The maximum Gasteiger partial charge on any atom is 0.240 e. The molecule has 2 aromatic carbocycles. The van der Waals surface area contributed by atoms with Crippen LogP contribution in [0.1, 0.15) is 38.2 Å². The van der Waals surface area contributed by atoms with Gasteiger partial charge in [0.2, 0.25) is 11.8 Å². The first-order valence-corrected chi connectivity index (χ1v) is 9.70. The molecule has 30 heavy (non-hydrogen) atoms. The number of carbonyl (C=O) groups excluding carboxylic acids is 2. The Bertz CT molecular complexity index is 886. The van der Waals surface area contributed by atoms with Gasteiger partial charge < -0.3 is 14.8 Å². The molecule has 2 aromatic rings. The molecule has 2 amide bonds. The summed E-state index contributed by atoms with van der Waals surface area (Å²) in [5, 5.41) is 6.31. The van der Waals surface area contributed by atoms with E-state index < -0.39 is 17.6 Å². The van der Waals surface area contributed by atoms with Crippen molar-refractivity contribution in [1.82, 2.24) is 5.43 Å². The van der Waals surface area contributed by atoms with Crippen molar-refractivity contribution in [2.45, 2.75) is 32.6 Å². The number of amides is 2. The first-order valence-electron chi connectivity index (χ1n) is 9.70. The molecule has 7 nitrogen and oxygen atoms in total. The molecule has 0 fully saturated rings. The highest BCUT2D eigenvalue weighted by molar-refractivity contribution is 5.93. The van der Waals surface area contributed by atoms with E-state index in [4.69, 9.17) is 9.47 Å². The normalized spacial score (nSPS) is 10.6. The van der Waals surface area contributed by atoms with E-state index in [0.29, 0.717) is 23.7 Å². The Hall–Kier alpha value is -3.42. The Labute approximate surface area is 175 Å². The number of anilines is 1. The molecular weight excluding hydrogens is 389 g/mol. The number of nitrogens with one attached hydrogen (secondary N) is 2. The zero-order valence-electron chi connectivity index (χ0n) is 17.1. The number of ether oxygens (including phenoxy) is 2. The van der Waals surface area contributed by atoms with Gasteiger partial charge in [-0.05, 0) is 42.3 Å². The lowest BCUT2D eigenvalue weighted by Gasteiger charge is -2.10. The molecule has 0 heterocycles. The number of halogens is 1. The van der Waals surface area contributed by atoms with E-state index >= 15 is 0 Å². The maximum absolute atomic E-state index is 13.5. The van der Waals surface area contributed by atoms with Crippen molar-refractivity contribution in [3.8, 4) is 11.5 Å². The molecule has 0 atom stereocenters. The van der Waals surface area contributed by atoms with Gasteiger partial charge in [0.05, 0.1) is 25.6 Å². The number of hydrogen-bond donors (Lipinski definition) is 2. The van der Waals surface area contributed by atoms with E-state index in [-0.39, 0.29) is 18.5 Å². The fourth-order valence-electron chi connectivity index (χ4n) is 2.45. The van der Waals surface area contributed by atoms with Crippen LogP contribution < -0.4 is 20.2 Å². The van der Waals surface area contributed by atoms with Gasteiger partial charge in [0.15, 0.2) is 11.5 Å². The molecule has 0 bridgehead atoms. The largest absolute Gasteiger partial charge is 0.493 e. The molecule has 0 unspecified atom stereocenters. The van der Waals surface area contributed by atoms with E-state index in [1.165, 1.54) is 24.4 Å². The third kappa shape index (κ3) is 7.54. The Morgan fingerprint density at radius 1 is 1.10 bits per heavy atom. The number of unbranched alkanes of at least 4 members (excludes halogenated alkanes) is 1. The highest BCUT2D eigenvalue weighted by atomic mass is 19.1. The molecule has 0 saturated carbocycles. The van der Waals surface area contributed by atoms with Gasteiger partial charge in [0, 0.05) is 12.8 Å². The second kappa shape index (κ2) is 12.2. The topological polar surface area (TPSA) is 89.0 Å². The predicted octanol–water partition coefficient (Wildman–Crippen LogP) is 3.88. The number of benzene rings is 2. The van der Waals surface area contributed by atoms with Crippen molar-refractivity contribution in [1.29, 1.82) is 0 Å². The van der Waals surface area contributed by atoms with Crippen LogP contribution in [0.15, 0.2) is 47.6 Å². The van der Waals surface area contributed by atoms with E-state index in [0.717, 1.165) is 12.8 Å². The number of hydrogen-bond acceptors (Lipinski definition) is 5. The number of hydrazone groups is 1. The van der Waals surface area contributed by atoms with Crippen LogP contribution in [0.3, 0.4) is 0 Å². The molecule has 0 radical (unpaired) electrons. The van der Waals surface area contributed by atoms with Gasteiger partial charge in [0.1, 0.15) is 5.82 Å². The summed E-state index contributed by atoms with van der Waals surface area (Å²) < 4.78 is 24.5. The number of para-hydroxylation sites is 1. The Balaban J connectivity index is 1.79. The number of methoxy groups -OCH3 is 1. The second-order valence-corrected chi connectivity index (χ2v) is 6.43. The smallest absolute Gasteiger partial charge is 0.240 e. The fourth-order valence-corrected chi connectivity index (χ4v) is 2.45. The van der Waals surface area contributed by atoms with E-state index in [9.17, 15) is 14.0 Å². The van der Waals surface area contributed by atoms with Crippen molar-refractivity contribution >= 4 is 23.7 Å². The van der Waals surface area contributed by atoms with Gasteiger partial charge in [-0.25, -0.2) is 9.82 Å². The monoisotopic (exact) mass is 415 g/mol. The lowest BCUT2D eigenvalue weighted by Crippen LogP contribution is -2.21. The van der Waals surface area contributed by atoms with Crippen LogP contribution in [-0.4, -0.2) is 31.7 Å². The molecule has 0 aliphatic carbocycles. The van der Waals surface area contributed by atoms with Gasteiger partial charge in [-0.15, -0.1) is 0 Å². The molecular formula is C22H26FN3O4. The quantitative estimate of drug-likeness (QED) is 0.331. The van der Waals surface area contributed by atoms with Crippen LogP contribution in [0.4, 0.5) is 10.1 Å². The molecule has 0 aliphatic rings. The minimum absolute atomic E-state index is 0.0782. The summed E-state index contributed by atoms with van der Waals surface area (Å²) in [7, 11) is 1.55. The summed E-state index contributed by atoms with van der Waals surface area (Å²) in [6, 6.07) is 11.2. The summed E-state index contributed by atoms with van der Waals surface area (Å²) in [5.41, 5.74) is 3.16. The van der Waals surface area contributed by atoms with E-state index in [1.54, 1.807) is 31.4 Å². The first-order chi connectivity index (χ1) is 14.5. The molecule has 0 saturated heterocycles. The number of nitrogens with zero attached hydrogens (tertiary/aromatic N) is 1. The van der Waals surface area contributed by atoms with Crippen molar-refractivity contribution in [2.24, 2.45) is 5.10 Å². The number of rotatable bonds is 11. The summed E-state index contributed by atoms with van der Waals surface area (Å²) in [6.07, 6.45) is 3.29. The lowest BCUT2D eigenvalue weighted by atomic mass is 10.2. The van der Waals surface area contributed by atoms with Gasteiger partial charge >= 0.3 is 0 Å². The molecule has 0 aromatic heterocycles. The van der Waals surface area contributed by atoms with E-state index in [1.807, 2.05) is 0 Å². The minimum atomic E-state index is -0.530. The molecule has 2 N–H and O–H groups in total. The summed E-state index contributed by atoms with van der Waals surface area (Å²) >= 11 is 0. The van der Waals surface area contributed by atoms with Crippen LogP contribution in [0.25, 0.3) is 0 Å². The highest BCUT2D eigenvalue weighted by Crippen LogP contribution is 2.27. The first kappa shape index (κ1) is 22.9. The van der Waals surface area contributed by atoms with Crippen molar-refractivity contribution in [3.05, 3.63) is 53.8 Å².